The van der Waals surface area contributed by atoms with Crippen molar-refractivity contribution in [2.24, 2.45) is 0 Å². The topological polar surface area (TPSA) is 75.5 Å². The zero-order valence-corrected chi connectivity index (χ0v) is 15.0. The zero-order chi connectivity index (χ0) is 18.7. The van der Waals surface area contributed by atoms with E-state index in [-0.39, 0.29) is 23.8 Å². The monoisotopic (exact) mass is 388 g/mol. The first-order valence-electron chi connectivity index (χ1n) is 7.64. The molecule has 0 saturated heterocycles. The van der Waals surface area contributed by atoms with Gasteiger partial charge in [0.2, 0.25) is 5.82 Å². The molecule has 0 spiro atoms. The zero-order valence-electron chi connectivity index (χ0n) is 13.5. The summed E-state index contributed by atoms with van der Waals surface area (Å²) in [5.74, 6) is -0.842. The first-order chi connectivity index (χ1) is 12.5. The molecule has 0 radical (unpaired) electrons. The van der Waals surface area contributed by atoms with Gasteiger partial charge in [-0.05, 0) is 24.3 Å². The quantitative estimate of drug-likeness (QED) is 0.652. The third-order valence-corrected chi connectivity index (χ3v) is 4.20. The Bertz CT molecular complexity index is 993. The normalized spacial score (nSPS) is 10.5. The van der Waals surface area contributed by atoms with Crippen molar-refractivity contribution in [2.75, 3.05) is 11.9 Å². The first kappa shape index (κ1) is 18.0. The Morgan fingerprint density at radius 3 is 2.54 bits per heavy atom. The summed E-state index contributed by atoms with van der Waals surface area (Å²) in [7, 11) is 0. The molecule has 2 N–H and O–H groups in total. The smallest absolute Gasteiger partial charge is 0.287 e. The Morgan fingerprint density at radius 1 is 1.12 bits per heavy atom. The Balaban J connectivity index is 2.01. The van der Waals surface area contributed by atoms with Gasteiger partial charge in [0.15, 0.2) is 5.69 Å². The highest BCUT2D eigenvalue weighted by Crippen LogP contribution is 2.30. The Kier molecular flexibility index (Phi) is 5.25. The maximum atomic E-state index is 12.7. The van der Waals surface area contributed by atoms with Crippen molar-refractivity contribution in [3.8, 4) is 0 Å². The summed E-state index contributed by atoms with van der Waals surface area (Å²) in [4.78, 5) is 29.3. The Hall–Kier alpha value is -2.83. The van der Waals surface area contributed by atoms with Gasteiger partial charge >= 0.3 is 0 Å². The number of aromatic nitrogens is 2. The molecule has 0 aliphatic rings. The van der Waals surface area contributed by atoms with Gasteiger partial charge in [-0.3, -0.25) is 14.0 Å². The van der Waals surface area contributed by atoms with E-state index in [4.69, 9.17) is 23.2 Å². The molecule has 0 aliphatic heterocycles. The van der Waals surface area contributed by atoms with Crippen molar-refractivity contribution in [1.82, 2.24) is 14.7 Å². The largest absolute Gasteiger partial charge is 0.346 e. The molecule has 1 aromatic carbocycles. The van der Waals surface area contributed by atoms with Crippen molar-refractivity contribution >= 4 is 46.2 Å². The number of carbonyl (C=O) groups excluding carboxylic acids is 2. The predicted octanol–water partition coefficient (Wildman–Crippen LogP) is 3.81. The molecular weight excluding hydrogens is 375 g/mol. The van der Waals surface area contributed by atoms with E-state index in [1.54, 1.807) is 53.1 Å². The van der Waals surface area contributed by atoms with Crippen LogP contribution >= 0.6 is 23.2 Å². The number of hydrogen-bond acceptors (Lipinski definition) is 3. The van der Waals surface area contributed by atoms with Gasteiger partial charge in [-0.25, -0.2) is 4.98 Å². The molecule has 0 fully saturated rings. The van der Waals surface area contributed by atoms with E-state index in [9.17, 15) is 9.59 Å². The number of carbonyl (C=O) groups is 2. The highest BCUT2D eigenvalue weighted by atomic mass is 35.5. The second-order valence-corrected chi connectivity index (χ2v) is 6.10. The van der Waals surface area contributed by atoms with Crippen LogP contribution in [0.1, 0.15) is 21.1 Å². The second-order valence-electron chi connectivity index (χ2n) is 5.29. The molecule has 2 heterocycles. The highest BCUT2D eigenvalue weighted by Gasteiger charge is 2.22. The minimum absolute atomic E-state index is 0.0883. The standard InChI is InChI=1S/C18H14Cl2N4O2/c1-2-9-21-18(26)16-22-15(13-8-3-4-10-24(13)16)17(25)23-14-11(19)6-5-7-12(14)20/h2-8,10H,1,9H2,(H,21,26)(H,23,25). The minimum atomic E-state index is -0.522. The van der Waals surface area contributed by atoms with Crippen LogP contribution in [0.25, 0.3) is 5.52 Å². The lowest BCUT2D eigenvalue weighted by Gasteiger charge is -2.07. The van der Waals surface area contributed by atoms with E-state index >= 15 is 0 Å². The van der Waals surface area contributed by atoms with Gasteiger partial charge in [-0.15, -0.1) is 6.58 Å². The number of pyridine rings is 1. The van der Waals surface area contributed by atoms with E-state index in [0.717, 1.165) is 0 Å². The van der Waals surface area contributed by atoms with Crippen LogP contribution in [0.4, 0.5) is 5.69 Å². The van der Waals surface area contributed by atoms with Crippen molar-refractivity contribution in [2.45, 2.75) is 0 Å². The van der Waals surface area contributed by atoms with Crippen LogP contribution in [-0.4, -0.2) is 27.7 Å². The average molecular weight is 389 g/mol. The fourth-order valence-electron chi connectivity index (χ4n) is 2.40. The van der Waals surface area contributed by atoms with Gasteiger partial charge in [0.05, 0.1) is 21.2 Å². The van der Waals surface area contributed by atoms with Crippen LogP contribution in [0.5, 0.6) is 0 Å². The Labute approximate surface area is 159 Å². The molecule has 2 amide bonds. The third kappa shape index (κ3) is 3.42. The molecular formula is C18H14Cl2N4O2. The number of benzene rings is 1. The number of para-hydroxylation sites is 1. The molecule has 26 heavy (non-hydrogen) atoms. The number of nitrogens with zero attached hydrogens (tertiary/aromatic N) is 2. The van der Waals surface area contributed by atoms with Gasteiger partial charge in [-0.1, -0.05) is 41.4 Å². The lowest BCUT2D eigenvalue weighted by atomic mass is 10.2. The van der Waals surface area contributed by atoms with Crippen LogP contribution in [0.3, 0.4) is 0 Å². The summed E-state index contributed by atoms with van der Waals surface area (Å²) in [5.41, 5.74) is 0.859. The predicted molar refractivity (Wildman–Crippen MR) is 102 cm³/mol. The number of imidazole rings is 1. The number of anilines is 1. The maximum Gasteiger partial charge on any atom is 0.287 e. The first-order valence-corrected chi connectivity index (χ1v) is 8.40. The highest BCUT2D eigenvalue weighted by molar-refractivity contribution is 6.40. The van der Waals surface area contributed by atoms with Crippen molar-refractivity contribution in [1.29, 1.82) is 0 Å². The molecule has 0 aliphatic carbocycles. The fraction of sp³-hybridized carbons (Fsp3) is 0.0556. The van der Waals surface area contributed by atoms with Crippen LogP contribution in [0.2, 0.25) is 10.0 Å². The molecule has 0 unspecified atom stereocenters. The van der Waals surface area contributed by atoms with Gasteiger partial charge < -0.3 is 10.6 Å². The van der Waals surface area contributed by atoms with E-state index in [1.807, 2.05) is 0 Å². The van der Waals surface area contributed by atoms with E-state index in [2.05, 4.69) is 22.2 Å². The van der Waals surface area contributed by atoms with E-state index < -0.39 is 11.8 Å². The minimum Gasteiger partial charge on any atom is -0.346 e. The third-order valence-electron chi connectivity index (χ3n) is 3.57. The summed E-state index contributed by atoms with van der Waals surface area (Å²) in [6.07, 6.45) is 3.21. The summed E-state index contributed by atoms with van der Waals surface area (Å²) < 4.78 is 1.54. The van der Waals surface area contributed by atoms with Crippen LogP contribution in [-0.2, 0) is 0 Å². The summed E-state index contributed by atoms with van der Waals surface area (Å²) in [5, 5.41) is 5.91. The SMILES string of the molecule is C=CCNC(=O)c1nc(C(=O)Nc2c(Cl)cccc2Cl)c2ccccn12. The van der Waals surface area contributed by atoms with Crippen LogP contribution in [0, 0.1) is 0 Å². The lowest BCUT2D eigenvalue weighted by molar-refractivity contribution is 0.0947. The molecule has 0 atom stereocenters. The summed E-state index contributed by atoms with van der Waals surface area (Å²) in [6.45, 7) is 3.84. The number of halogens is 2. The molecule has 6 nitrogen and oxygen atoms in total. The molecule has 132 valence electrons. The number of nitrogens with one attached hydrogen (secondary N) is 2. The molecule has 8 heteroatoms. The van der Waals surface area contributed by atoms with Gasteiger partial charge in [0, 0.05) is 12.7 Å². The molecule has 3 aromatic rings. The number of rotatable bonds is 5. The number of hydrogen-bond donors (Lipinski definition) is 2. The molecule has 0 saturated carbocycles. The lowest BCUT2D eigenvalue weighted by Crippen LogP contribution is -2.25. The van der Waals surface area contributed by atoms with Crippen LogP contribution in [0.15, 0.2) is 55.3 Å². The summed E-state index contributed by atoms with van der Waals surface area (Å²) in [6, 6.07) is 10.1. The van der Waals surface area contributed by atoms with Crippen molar-refractivity contribution in [3.63, 3.8) is 0 Å². The van der Waals surface area contributed by atoms with E-state index in [1.165, 1.54) is 0 Å². The number of amides is 2. The van der Waals surface area contributed by atoms with Crippen molar-refractivity contribution in [3.05, 3.63) is 76.8 Å². The van der Waals surface area contributed by atoms with Gasteiger partial charge in [0.1, 0.15) is 0 Å². The van der Waals surface area contributed by atoms with Gasteiger partial charge in [0.25, 0.3) is 11.8 Å². The summed E-state index contributed by atoms with van der Waals surface area (Å²) >= 11 is 12.2. The fourth-order valence-corrected chi connectivity index (χ4v) is 2.89. The molecule has 3 rings (SSSR count). The second kappa shape index (κ2) is 7.59. The maximum absolute atomic E-state index is 12.7. The van der Waals surface area contributed by atoms with E-state index in [0.29, 0.717) is 15.6 Å². The number of fused-ring (bicyclic) bond motifs is 1. The molecule has 2 aromatic heterocycles. The molecule has 0 bridgehead atoms. The van der Waals surface area contributed by atoms with Gasteiger partial charge in [-0.2, -0.15) is 0 Å². The average Bonchev–Trinajstić information content (AvgIpc) is 3.02. The van der Waals surface area contributed by atoms with Crippen LogP contribution < -0.4 is 10.6 Å². The van der Waals surface area contributed by atoms with Crippen molar-refractivity contribution < 1.29 is 9.59 Å². The Morgan fingerprint density at radius 2 is 1.85 bits per heavy atom.